The molecule has 2 amide bonds. The van der Waals surface area contributed by atoms with Gasteiger partial charge in [0, 0.05) is 22.6 Å². The molecule has 3 rings (SSSR count). The summed E-state index contributed by atoms with van der Waals surface area (Å²) in [7, 11) is 0. The Morgan fingerprint density at radius 3 is 2.58 bits per heavy atom. The fraction of sp³-hybridized carbons (Fsp3) is 0.500. The minimum atomic E-state index is -0.244. The van der Waals surface area contributed by atoms with Crippen molar-refractivity contribution in [1.29, 1.82) is 0 Å². The fourth-order valence-electron chi connectivity index (χ4n) is 2.25. The topological polar surface area (TPSA) is 84.0 Å². The first-order chi connectivity index (χ1) is 11.5. The number of hydrogen-bond acceptors (Lipinski definition) is 6. The lowest BCUT2D eigenvalue weighted by Crippen LogP contribution is -2.42. The van der Waals surface area contributed by atoms with E-state index >= 15 is 0 Å². The Labute approximate surface area is 148 Å². The first kappa shape index (κ1) is 17.2. The minimum Gasteiger partial charge on any atom is -0.273 e. The van der Waals surface area contributed by atoms with Crippen LogP contribution in [0.5, 0.6) is 0 Å². The highest BCUT2D eigenvalue weighted by Crippen LogP contribution is 2.42. The van der Waals surface area contributed by atoms with Gasteiger partial charge in [0.05, 0.1) is 5.75 Å². The normalized spacial score (nSPS) is 14.0. The molecule has 1 saturated carbocycles. The van der Waals surface area contributed by atoms with Gasteiger partial charge in [-0.05, 0) is 32.3 Å². The number of thiophene rings is 1. The Morgan fingerprint density at radius 2 is 1.92 bits per heavy atom. The molecule has 128 valence electrons. The van der Waals surface area contributed by atoms with E-state index < -0.39 is 0 Å². The van der Waals surface area contributed by atoms with Gasteiger partial charge < -0.3 is 0 Å². The molecule has 0 aliphatic heterocycles. The van der Waals surface area contributed by atoms with Crippen molar-refractivity contribution in [3.63, 3.8) is 0 Å². The third kappa shape index (κ3) is 3.70. The van der Waals surface area contributed by atoms with Gasteiger partial charge in [-0.3, -0.25) is 20.4 Å². The number of hydrogen-bond donors (Lipinski definition) is 2. The highest BCUT2D eigenvalue weighted by molar-refractivity contribution is 8.00. The van der Waals surface area contributed by atoms with E-state index in [1.807, 2.05) is 0 Å². The Hall–Kier alpha value is -1.67. The summed E-state index contributed by atoms with van der Waals surface area (Å²) in [5.41, 5.74) is 5.98. The van der Waals surface area contributed by atoms with Crippen molar-refractivity contribution in [2.24, 2.45) is 0 Å². The van der Waals surface area contributed by atoms with Crippen LogP contribution in [0, 0.1) is 13.8 Å². The van der Waals surface area contributed by atoms with Crippen LogP contribution < -0.4 is 10.9 Å². The maximum Gasteiger partial charge on any atom is 0.248 e. The lowest BCUT2D eigenvalue weighted by Gasteiger charge is -2.08. The molecule has 0 spiro atoms. The Kier molecular flexibility index (Phi) is 5.05. The molecule has 1 aliphatic carbocycles. The second kappa shape index (κ2) is 7.06. The Balaban J connectivity index is 1.77. The Morgan fingerprint density at radius 1 is 1.21 bits per heavy atom. The molecular formula is C16H20N4O2S2. The van der Waals surface area contributed by atoms with Crippen LogP contribution in [0.3, 0.4) is 0 Å². The van der Waals surface area contributed by atoms with Crippen molar-refractivity contribution in [1.82, 2.24) is 20.8 Å². The summed E-state index contributed by atoms with van der Waals surface area (Å²) < 4.78 is 0. The Bertz CT molecular complexity index is 799. The highest BCUT2D eigenvalue weighted by atomic mass is 32.2. The second-order valence-electron chi connectivity index (χ2n) is 5.86. The van der Waals surface area contributed by atoms with E-state index in [2.05, 4.69) is 24.7 Å². The fourth-order valence-corrected chi connectivity index (χ4v) is 4.25. The number of fused-ring (bicyclic) bond motifs is 1. The van der Waals surface area contributed by atoms with Crippen LogP contribution in [0.4, 0.5) is 0 Å². The van der Waals surface area contributed by atoms with Gasteiger partial charge in [0.1, 0.15) is 15.7 Å². The largest absolute Gasteiger partial charge is 0.273 e. The van der Waals surface area contributed by atoms with Crippen LogP contribution in [0.25, 0.3) is 10.2 Å². The predicted molar refractivity (Wildman–Crippen MR) is 96.2 cm³/mol. The first-order valence-corrected chi connectivity index (χ1v) is 9.78. The molecule has 6 nitrogen and oxygen atoms in total. The molecular weight excluding hydrogens is 344 g/mol. The zero-order valence-corrected chi connectivity index (χ0v) is 15.6. The van der Waals surface area contributed by atoms with Crippen molar-refractivity contribution in [3.8, 4) is 0 Å². The van der Waals surface area contributed by atoms with Crippen molar-refractivity contribution < 1.29 is 9.59 Å². The van der Waals surface area contributed by atoms with Crippen LogP contribution in [0.2, 0.25) is 0 Å². The van der Waals surface area contributed by atoms with E-state index in [9.17, 15) is 9.59 Å². The summed E-state index contributed by atoms with van der Waals surface area (Å²) in [4.78, 5) is 34.8. The molecule has 2 N–H and O–H groups in total. The van der Waals surface area contributed by atoms with Gasteiger partial charge in [-0.1, -0.05) is 18.7 Å². The third-order valence-corrected chi connectivity index (χ3v) is 6.03. The molecule has 0 atom stereocenters. The molecule has 2 heterocycles. The van der Waals surface area contributed by atoms with Gasteiger partial charge in [0.15, 0.2) is 0 Å². The number of amides is 2. The van der Waals surface area contributed by atoms with Gasteiger partial charge in [-0.25, -0.2) is 9.97 Å². The second-order valence-corrected chi connectivity index (χ2v) is 8.03. The lowest BCUT2D eigenvalue weighted by atomic mass is 10.2. The van der Waals surface area contributed by atoms with E-state index in [1.165, 1.54) is 22.2 Å². The van der Waals surface area contributed by atoms with Crippen LogP contribution >= 0.6 is 23.1 Å². The summed E-state index contributed by atoms with van der Waals surface area (Å²) in [6.45, 7) is 5.88. The molecule has 0 unspecified atom stereocenters. The number of aromatic nitrogens is 2. The van der Waals surface area contributed by atoms with E-state index in [4.69, 9.17) is 9.97 Å². The third-order valence-electron chi connectivity index (χ3n) is 3.96. The van der Waals surface area contributed by atoms with Crippen LogP contribution in [0.1, 0.15) is 48.4 Å². The number of aryl methyl sites for hydroxylation is 2. The molecule has 8 heteroatoms. The van der Waals surface area contributed by atoms with Crippen LogP contribution in [0.15, 0.2) is 5.03 Å². The maximum absolute atomic E-state index is 11.9. The van der Waals surface area contributed by atoms with Gasteiger partial charge in [0.2, 0.25) is 11.8 Å². The van der Waals surface area contributed by atoms with E-state index in [0.717, 1.165) is 33.9 Å². The van der Waals surface area contributed by atoms with Crippen molar-refractivity contribution in [2.45, 2.75) is 51.0 Å². The van der Waals surface area contributed by atoms with Crippen molar-refractivity contribution in [3.05, 3.63) is 16.3 Å². The van der Waals surface area contributed by atoms with E-state index in [1.54, 1.807) is 18.3 Å². The maximum atomic E-state index is 11.9. The van der Waals surface area contributed by atoms with Gasteiger partial charge in [0.25, 0.3) is 0 Å². The zero-order chi connectivity index (χ0) is 17.3. The van der Waals surface area contributed by atoms with Gasteiger partial charge in [-0.2, -0.15) is 0 Å². The lowest BCUT2D eigenvalue weighted by molar-refractivity contribution is -0.127. The van der Waals surface area contributed by atoms with Crippen LogP contribution in [-0.2, 0) is 9.59 Å². The molecule has 2 aromatic heterocycles. The predicted octanol–water partition coefficient (Wildman–Crippen LogP) is 2.84. The molecule has 0 bridgehead atoms. The van der Waals surface area contributed by atoms with Gasteiger partial charge >= 0.3 is 0 Å². The first-order valence-electron chi connectivity index (χ1n) is 7.97. The monoisotopic (exact) mass is 364 g/mol. The summed E-state index contributed by atoms with van der Waals surface area (Å²) in [6, 6.07) is 0. The number of nitrogens with zero attached hydrogens (tertiary/aromatic N) is 2. The number of nitrogens with one attached hydrogen (secondary N) is 2. The van der Waals surface area contributed by atoms with E-state index in [-0.39, 0.29) is 17.6 Å². The average Bonchev–Trinajstić information content (AvgIpc) is 3.37. The smallest absolute Gasteiger partial charge is 0.248 e. The summed E-state index contributed by atoms with van der Waals surface area (Å²) in [5.74, 6) is 1.11. The molecule has 1 aliphatic rings. The summed E-state index contributed by atoms with van der Waals surface area (Å²) in [5, 5.41) is 1.91. The zero-order valence-electron chi connectivity index (χ0n) is 13.9. The standard InChI is InChI=1S/C16H20N4O2S2/c1-4-11(21)19-20-12(22)7-23-15-13-8(2)9(3)24-16(13)18-14(17-15)10-5-6-10/h10H,4-7H2,1-3H3,(H,19,21)(H,20,22). The van der Waals surface area contributed by atoms with Crippen LogP contribution in [-0.4, -0.2) is 27.5 Å². The van der Waals surface area contributed by atoms with E-state index in [0.29, 0.717) is 12.3 Å². The molecule has 1 fully saturated rings. The summed E-state index contributed by atoms with van der Waals surface area (Å²) >= 11 is 3.08. The molecule has 24 heavy (non-hydrogen) atoms. The highest BCUT2D eigenvalue weighted by Gasteiger charge is 2.28. The molecule has 0 radical (unpaired) electrons. The SMILES string of the molecule is CCC(=O)NNC(=O)CSc1nc(C2CC2)nc2sc(C)c(C)c12. The average molecular weight is 364 g/mol. The molecule has 0 saturated heterocycles. The minimum absolute atomic E-state index is 0.203. The number of carbonyl (C=O) groups is 2. The van der Waals surface area contributed by atoms with Crippen molar-refractivity contribution in [2.75, 3.05) is 5.75 Å². The number of rotatable bonds is 5. The molecule has 2 aromatic rings. The van der Waals surface area contributed by atoms with Crippen molar-refractivity contribution >= 4 is 45.1 Å². The number of thioether (sulfide) groups is 1. The summed E-state index contributed by atoms with van der Waals surface area (Å²) in [6.07, 6.45) is 2.61. The molecule has 0 aromatic carbocycles. The quantitative estimate of drug-likeness (QED) is 0.484. The number of carbonyl (C=O) groups excluding carboxylic acids is 2. The van der Waals surface area contributed by atoms with Gasteiger partial charge in [-0.15, -0.1) is 11.3 Å². The number of hydrazine groups is 1.